The van der Waals surface area contributed by atoms with Gasteiger partial charge in [-0.2, -0.15) is 17.5 Å². The zero-order chi connectivity index (χ0) is 27.9. The third-order valence-corrected chi connectivity index (χ3v) is 9.31. The minimum Gasteiger partial charge on any atom is -0.373 e. The van der Waals surface area contributed by atoms with Crippen molar-refractivity contribution in [1.29, 1.82) is 0 Å². The van der Waals surface area contributed by atoms with Crippen LogP contribution in [0.4, 0.5) is 27.8 Å². The largest absolute Gasteiger partial charge is 0.416 e. The van der Waals surface area contributed by atoms with Crippen molar-refractivity contribution in [2.24, 2.45) is 0 Å². The number of carbonyl (C=O) groups is 1. The van der Waals surface area contributed by atoms with Gasteiger partial charge in [0.1, 0.15) is 16.1 Å². The third-order valence-electron chi connectivity index (χ3n) is 5.76. The molecule has 3 aromatic rings. The van der Waals surface area contributed by atoms with Gasteiger partial charge in [-0.3, -0.25) is 4.79 Å². The smallest absolute Gasteiger partial charge is 0.373 e. The number of nitrogens with zero attached hydrogens (tertiary/aromatic N) is 2. The third kappa shape index (κ3) is 6.08. The summed E-state index contributed by atoms with van der Waals surface area (Å²) in [6.45, 7) is -1.33. The number of thiophene rings is 1. The number of carbonyl (C=O) groups excluding carboxylic acids is 1. The number of anilines is 1. The summed E-state index contributed by atoms with van der Waals surface area (Å²) in [4.78, 5) is 17.2. The quantitative estimate of drug-likeness (QED) is 0.365. The lowest BCUT2D eigenvalue weighted by molar-refractivity contribution is -0.137. The molecule has 2 N–H and O–H groups in total. The highest BCUT2D eigenvalue weighted by atomic mass is 35.5. The lowest BCUT2D eigenvalue weighted by Gasteiger charge is -2.22. The first-order valence-corrected chi connectivity index (χ1v) is 13.6. The molecule has 1 saturated heterocycles. The summed E-state index contributed by atoms with van der Waals surface area (Å²) < 4.78 is 93.5. The monoisotopic (exact) mass is 594 g/mol. The molecule has 1 aliphatic rings. The van der Waals surface area contributed by atoms with Crippen molar-refractivity contribution in [1.82, 2.24) is 14.6 Å². The van der Waals surface area contributed by atoms with Crippen molar-refractivity contribution in [2.75, 3.05) is 18.9 Å². The Morgan fingerprint density at radius 3 is 2.45 bits per heavy atom. The van der Waals surface area contributed by atoms with Crippen LogP contribution in [0.5, 0.6) is 0 Å². The van der Waals surface area contributed by atoms with Gasteiger partial charge in [-0.25, -0.2) is 22.2 Å². The first-order valence-electron chi connectivity index (χ1n) is 11.0. The first kappa shape index (κ1) is 28.2. The molecular weight excluding hydrogens is 575 g/mol. The molecule has 0 aliphatic carbocycles. The van der Waals surface area contributed by atoms with Crippen molar-refractivity contribution >= 4 is 44.7 Å². The Morgan fingerprint density at radius 2 is 1.87 bits per heavy atom. The summed E-state index contributed by atoms with van der Waals surface area (Å²) in [6.07, 6.45) is -5.49. The second-order valence-corrected chi connectivity index (χ2v) is 12.3. The fraction of sp³-hybridized carbons (Fsp3) is 0.304. The SMILES string of the molecule is CNc1cc(CNC(=O)[C@@H]2CC(F)(F)CN2S(=O)(=O)c2ccc(Cl)s2)cc(-c2ccc(C(F)(F)F)cc2)n1. The Hall–Kier alpha value is -2.81. The van der Waals surface area contributed by atoms with Gasteiger partial charge in [0.2, 0.25) is 5.91 Å². The maximum absolute atomic E-state index is 14.3. The molecule has 1 amide bonds. The Labute approximate surface area is 223 Å². The van der Waals surface area contributed by atoms with E-state index >= 15 is 0 Å². The van der Waals surface area contributed by atoms with Crippen LogP contribution in [0.15, 0.2) is 52.7 Å². The molecule has 38 heavy (non-hydrogen) atoms. The normalized spacial score (nSPS) is 17.9. The summed E-state index contributed by atoms with van der Waals surface area (Å²) in [5.41, 5.74) is 0.319. The predicted octanol–water partition coefficient (Wildman–Crippen LogP) is 5.24. The second kappa shape index (κ2) is 10.4. The molecule has 2 aromatic heterocycles. The molecule has 15 heteroatoms. The van der Waals surface area contributed by atoms with Gasteiger partial charge >= 0.3 is 6.18 Å². The molecule has 3 heterocycles. The molecule has 1 aliphatic heterocycles. The molecule has 4 rings (SSSR count). The van der Waals surface area contributed by atoms with E-state index in [-0.39, 0.29) is 15.1 Å². The van der Waals surface area contributed by atoms with Crippen LogP contribution in [-0.2, 0) is 27.5 Å². The molecule has 7 nitrogen and oxygen atoms in total. The van der Waals surface area contributed by atoms with Crippen LogP contribution in [0.2, 0.25) is 4.34 Å². The Kier molecular flexibility index (Phi) is 7.72. The van der Waals surface area contributed by atoms with Gasteiger partial charge in [-0.1, -0.05) is 23.7 Å². The molecule has 1 atom stereocenters. The van der Waals surface area contributed by atoms with Crippen molar-refractivity contribution in [2.45, 2.75) is 35.3 Å². The van der Waals surface area contributed by atoms with Crippen LogP contribution in [0.25, 0.3) is 11.3 Å². The standard InChI is InChI=1S/C23H20ClF5N4O3S2/c1-30-19-9-13(8-16(32-19)14-2-4-15(5-3-14)23(27,28)29)11-31-21(34)17-10-22(25,26)12-33(17)38(35,36)20-7-6-18(24)37-20/h2-9,17H,10-12H2,1H3,(H,30,32)(H,31,34)/t17-/m0/s1. The number of benzene rings is 1. The summed E-state index contributed by atoms with van der Waals surface area (Å²) >= 11 is 6.50. The van der Waals surface area contributed by atoms with Gasteiger partial charge in [-0.15, -0.1) is 11.3 Å². The van der Waals surface area contributed by atoms with E-state index in [0.717, 1.165) is 12.1 Å². The number of amides is 1. The Bertz CT molecular complexity index is 1450. The molecule has 0 saturated carbocycles. The van der Waals surface area contributed by atoms with Crippen molar-refractivity contribution in [3.63, 3.8) is 0 Å². The summed E-state index contributed by atoms with van der Waals surface area (Å²) in [5.74, 6) is -3.99. The highest BCUT2D eigenvalue weighted by molar-refractivity contribution is 7.91. The van der Waals surface area contributed by atoms with Crippen LogP contribution in [0.1, 0.15) is 17.5 Å². The lowest BCUT2D eigenvalue weighted by Crippen LogP contribution is -2.45. The van der Waals surface area contributed by atoms with Gasteiger partial charge in [0.05, 0.1) is 22.1 Å². The van der Waals surface area contributed by atoms with Crippen LogP contribution < -0.4 is 10.6 Å². The average molecular weight is 595 g/mol. The molecule has 1 fully saturated rings. The second-order valence-electron chi connectivity index (χ2n) is 8.47. The van der Waals surface area contributed by atoms with Gasteiger partial charge < -0.3 is 10.6 Å². The van der Waals surface area contributed by atoms with E-state index in [4.69, 9.17) is 11.6 Å². The topological polar surface area (TPSA) is 91.4 Å². The van der Waals surface area contributed by atoms with Gasteiger partial charge in [0, 0.05) is 25.6 Å². The van der Waals surface area contributed by atoms with E-state index in [2.05, 4.69) is 15.6 Å². The number of aromatic nitrogens is 1. The highest BCUT2D eigenvalue weighted by Crippen LogP contribution is 2.38. The van der Waals surface area contributed by atoms with Crippen LogP contribution >= 0.6 is 22.9 Å². The van der Waals surface area contributed by atoms with Crippen LogP contribution in [-0.4, -0.2) is 49.2 Å². The summed E-state index contributed by atoms with van der Waals surface area (Å²) in [6, 6.07) is 8.28. The minimum absolute atomic E-state index is 0.150. The molecule has 1 aromatic carbocycles. The zero-order valence-corrected chi connectivity index (χ0v) is 21.9. The van der Waals surface area contributed by atoms with E-state index in [1.807, 2.05) is 0 Å². The van der Waals surface area contributed by atoms with E-state index in [1.54, 1.807) is 13.1 Å². The molecule has 204 valence electrons. The van der Waals surface area contributed by atoms with Gasteiger partial charge in [-0.05, 0) is 42.0 Å². The Morgan fingerprint density at radius 1 is 1.18 bits per heavy atom. The van der Waals surface area contributed by atoms with E-state index in [0.29, 0.717) is 38.3 Å². The summed E-state index contributed by atoms with van der Waals surface area (Å²) in [7, 11) is -2.84. The van der Waals surface area contributed by atoms with Crippen molar-refractivity contribution in [3.05, 3.63) is 64.0 Å². The number of rotatable bonds is 7. The molecule has 0 radical (unpaired) electrons. The Balaban J connectivity index is 1.54. The van der Waals surface area contributed by atoms with E-state index < -0.39 is 52.6 Å². The maximum atomic E-state index is 14.3. The molecule has 0 bridgehead atoms. The van der Waals surface area contributed by atoms with Crippen LogP contribution in [0.3, 0.4) is 0 Å². The number of hydrogen-bond acceptors (Lipinski definition) is 6. The first-order chi connectivity index (χ1) is 17.7. The molecule has 0 spiro atoms. The maximum Gasteiger partial charge on any atom is 0.416 e. The molecular formula is C23H20ClF5N4O3S2. The van der Waals surface area contributed by atoms with Crippen molar-refractivity contribution in [3.8, 4) is 11.3 Å². The van der Waals surface area contributed by atoms with Gasteiger partial charge in [0.25, 0.3) is 15.9 Å². The lowest BCUT2D eigenvalue weighted by atomic mass is 10.1. The van der Waals surface area contributed by atoms with Gasteiger partial charge in [0.15, 0.2) is 0 Å². The number of sulfonamides is 1. The number of nitrogens with one attached hydrogen (secondary N) is 2. The number of halogens is 6. The molecule has 0 unspecified atom stereocenters. The number of hydrogen-bond donors (Lipinski definition) is 2. The zero-order valence-electron chi connectivity index (χ0n) is 19.5. The van der Waals surface area contributed by atoms with Crippen LogP contribution in [0, 0.1) is 0 Å². The van der Waals surface area contributed by atoms with E-state index in [9.17, 15) is 35.2 Å². The minimum atomic E-state index is -4.50. The highest BCUT2D eigenvalue weighted by Gasteiger charge is 2.53. The fourth-order valence-electron chi connectivity index (χ4n) is 3.92. The number of pyridine rings is 1. The fourth-order valence-corrected chi connectivity index (χ4v) is 7.14. The van der Waals surface area contributed by atoms with E-state index in [1.165, 1.54) is 30.3 Å². The number of alkyl halides is 5. The average Bonchev–Trinajstić information content (AvgIpc) is 3.45. The summed E-state index contributed by atoms with van der Waals surface area (Å²) in [5, 5.41) is 5.30. The predicted molar refractivity (Wildman–Crippen MR) is 133 cm³/mol. The van der Waals surface area contributed by atoms with Crippen molar-refractivity contribution < 1.29 is 35.2 Å².